The van der Waals surface area contributed by atoms with Crippen molar-refractivity contribution in [3.8, 4) is 0 Å². The van der Waals surface area contributed by atoms with Gasteiger partial charge in [0, 0.05) is 12.6 Å². The van der Waals surface area contributed by atoms with E-state index in [1.54, 1.807) is 0 Å². The van der Waals surface area contributed by atoms with Crippen molar-refractivity contribution in [3.63, 3.8) is 0 Å². The zero-order valence-electron chi connectivity index (χ0n) is 7.57. The van der Waals surface area contributed by atoms with E-state index in [0.717, 1.165) is 10.7 Å². The third-order valence-electron chi connectivity index (χ3n) is 2.35. The molecule has 0 spiro atoms. The van der Waals surface area contributed by atoms with Crippen LogP contribution in [0.5, 0.6) is 0 Å². The van der Waals surface area contributed by atoms with Crippen molar-refractivity contribution in [1.82, 2.24) is 4.31 Å². The number of alkyl halides is 2. The van der Waals surface area contributed by atoms with Crippen molar-refractivity contribution in [1.29, 1.82) is 0 Å². The van der Waals surface area contributed by atoms with Gasteiger partial charge < -0.3 is 5.11 Å². The maximum atomic E-state index is 12.2. The molecule has 0 bridgehead atoms. The predicted molar refractivity (Wildman–Crippen MR) is 46.4 cm³/mol. The van der Waals surface area contributed by atoms with Gasteiger partial charge in [-0.1, -0.05) is 6.42 Å². The molecule has 0 aromatic rings. The van der Waals surface area contributed by atoms with E-state index in [-0.39, 0.29) is 12.6 Å². The van der Waals surface area contributed by atoms with Crippen LogP contribution in [0.3, 0.4) is 0 Å². The summed E-state index contributed by atoms with van der Waals surface area (Å²) >= 11 is 0. The van der Waals surface area contributed by atoms with E-state index in [0.29, 0.717) is 12.8 Å². The van der Waals surface area contributed by atoms with Crippen molar-refractivity contribution in [3.05, 3.63) is 0 Å². The van der Waals surface area contributed by atoms with Gasteiger partial charge in [-0.05, 0) is 12.8 Å². The molecule has 84 valence electrons. The monoisotopic (exact) mass is 229 g/mol. The Labute approximate surface area is 81.6 Å². The molecule has 0 atom stereocenters. The Morgan fingerprint density at radius 3 is 2.29 bits per heavy atom. The van der Waals surface area contributed by atoms with Gasteiger partial charge in [0.05, 0.1) is 6.61 Å². The lowest BCUT2D eigenvalue weighted by Gasteiger charge is -2.35. The van der Waals surface area contributed by atoms with Crippen molar-refractivity contribution in [2.45, 2.75) is 31.1 Å². The molecule has 7 heteroatoms. The fraction of sp³-hybridized carbons (Fsp3) is 1.00. The Morgan fingerprint density at radius 1 is 1.43 bits per heavy atom. The predicted octanol–water partition coefficient (Wildman–Crippen LogP) is 0.386. The minimum atomic E-state index is -4.52. The molecule has 1 N–H and O–H groups in total. The fourth-order valence-corrected chi connectivity index (χ4v) is 2.56. The van der Waals surface area contributed by atoms with E-state index in [4.69, 9.17) is 5.11 Å². The van der Waals surface area contributed by atoms with E-state index in [1.807, 2.05) is 0 Å². The summed E-state index contributed by atoms with van der Waals surface area (Å²) in [6, 6.07) is -0.346. The Hall–Kier alpha value is -0.270. The molecule has 4 nitrogen and oxygen atoms in total. The number of aliphatic hydroxyl groups excluding tert-OH is 1. The Balaban J connectivity index is 2.75. The summed E-state index contributed by atoms with van der Waals surface area (Å²) in [5.41, 5.74) is 0. The van der Waals surface area contributed by atoms with Gasteiger partial charge in [-0.2, -0.15) is 13.1 Å². The maximum Gasteiger partial charge on any atom is 0.350 e. The number of rotatable bonds is 5. The SMILES string of the molecule is O=S(=O)(C(F)F)N(CCO)C1CCC1. The molecule has 0 aromatic carbocycles. The van der Waals surface area contributed by atoms with Gasteiger partial charge in [0.15, 0.2) is 0 Å². The second-order valence-corrected chi connectivity index (χ2v) is 5.08. The molecule has 0 heterocycles. The number of nitrogens with zero attached hydrogens (tertiary/aromatic N) is 1. The number of hydrogen-bond donors (Lipinski definition) is 1. The van der Waals surface area contributed by atoms with Gasteiger partial charge in [-0.15, -0.1) is 0 Å². The summed E-state index contributed by atoms with van der Waals surface area (Å²) in [7, 11) is -4.52. The van der Waals surface area contributed by atoms with E-state index in [9.17, 15) is 17.2 Å². The molecule has 1 saturated carbocycles. The normalized spacial score (nSPS) is 18.9. The number of hydrogen-bond acceptors (Lipinski definition) is 3. The van der Waals surface area contributed by atoms with Gasteiger partial charge in [-0.25, -0.2) is 8.42 Å². The first kappa shape index (κ1) is 11.8. The van der Waals surface area contributed by atoms with Crippen molar-refractivity contribution >= 4 is 10.0 Å². The topological polar surface area (TPSA) is 57.6 Å². The first-order valence-corrected chi connectivity index (χ1v) is 5.90. The van der Waals surface area contributed by atoms with Gasteiger partial charge in [0.2, 0.25) is 0 Å². The summed E-state index contributed by atoms with van der Waals surface area (Å²) in [6.07, 6.45) is 2.06. The summed E-state index contributed by atoms with van der Waals surface area (Å²) in [5, 5.41) is 8.60. The molecule has 0 amide bonds. The molecule has 1 aliphatic carbocycles. The van der Waals surface area contributed by atoms with Crippen LogP contribution < -0.4 is 0 Å². The third kappa shape index (κ3) is 2.21. The van der Waals surface area contributed by atoms with Crippen molar-refractivity contribution in [2.75, 3.05) is 13.2 Å². The average molecular weight is 229 g/mol. The highest BCUT2D eigenvalue weighted by molar-refractivity contribution is 7.89. The van der Waals surface area contributed by atoms with Crippen LogP contribution in [-0.4, -0.2) is 42.8 Å². The molecule has 1 aliphatic rings. The largest absolute Gasteiger partial charge is 0.395 e. The third-order valence-corrected chi connectivity index (χ3v) is 3.94. The van der Waals surface area contributed by atoms with Crippen LogP contribution in [0.4, 0.5) is 8.78 Å². The van der Waals surface area contributed by atoms with Gasteiger partial charge in [-0.3, -0.25) is 0 Å². The molecule has 0 aliphatic heterocycles. The zero-order valence-corrected chi connectivity index (χ0v) is 8.38. The lowest BCUT2D eigenvalue weighted by Crippen LogP contribution is -2.47. The Bertz CT molecular complexity index is 277. The van der Waals surface area contributed by atoms with Crippen molar-refractivity contribution in [2.24, 2.45) is 0 Å². The van der Waals surface area contributed by atoms with Crippen LogP contribution >= 0.6 is 0 Å². The summed E-state index contributed by atoms with van der Waals surface area (Å²) in [6.45, 7) is -0.667. The van der Waals surface area contributed by atoms with E-state index in [2.05, 4.69) is 0 Å². The minimum Gasteiger partial charge on any atom is -0.395 e. The number of halogens is 2. The van der Waals surface area contributed by atoms with Crippen LogP contribution in [0.15, 0.2) is 0 Å². The molecule has 1 fully saturated rings. The lowest BCUT2D eigenvalue weighted by atomic mass is 9.93. The molecule has 0 unspecified atom stereocenters. The average Bonchev–Trinajstić information content (AvgIpc) is 2.00. The molecular formula is C7H13F2NO3S. The minimum absolute atomic E-state index is 0.239. The summed E-state index contributed by atoms with van der Waals surface area (Å²) in [4.78, 5) is 0. The standard InChI is InChI=1S/C7H13F2NO3S/c8-7(9)14(12,13)10(4-5-11)6-2-1-3-6/h6-7,11H,1-5H2. The number of aliphatic hydroxyl groups is 1. The lowest BCUT2D eigenvalue weighted by molar-refractivity contribution is 0.156. The smallest absolute Gasteiger partial charge is 0.350 e. The Morgan fingerprint density at radius 2 is 2.00 bits per heavy atom. The van der Waals surface area contributed by atoms with Crippen LogP contribution in [-0.2, 0) is 10.0 Å². The zero-order chi connectivity index (χ0) is 10.8. The second kappa shape index (κ2) is 4.50. The maximum absolute atomic E-state index is 12.2. The molecule has 0 radical (unpaired) electrons. The van der Waals surface area contributed by atoms with Gasteiger partial charge in [0.25, 0.3) is 10.0 Å². The van der Waals surface area contributed by atoms with Crippen LogP contribution in [0.25, 0.3) is 0 Å². The molecule has 14 heavy (non-hydrogen) atoms. The molecule has 1 rings (SSSR count). The quantitative estimate of drug-likeness (QED) is 0.741. The second-order valence-electron chi connectivity index (χ2n) is 3.22. The van der Waals surface area contributed by atoms with Gasteiger partial charge >= 0.3 is 5.76 Å². The highest BCUT2D eigenvalue weighted by Crippen LogP contribution is 2.28. The highest BCUT2D eigenvalue weighted by atomic mass is 32.2. The van der Waals surface area contributed by atoms with E-state index < -0.39 is 22.4 Å². The number of sulfonamides is 1. The Kier molecular flexibility index (Phi) is 3.79. The first-order valence-electron chi connectivity index (χ1n) is 4.40. The molecular weight excluding hydrogens is 216 g/mol. The van der Waals surface area contributed by atoms with Crippen LogP contribution in [0.2, 0.25) is 0 Å². The molecule has 0 aromatic heterocycles. The molecule has 0 saturated heterocycles. The van der Waals surface area contributed by atoms with Crippen LogP contribution in [0.1, 0.15) is 19.3 Å². The summed E-state index contributed by atoms with van der Waals surface area (Å²) in [5.74, 6) is -3.39. The fourth-order valence-electron chi connectivity index (χ4n) is 1.39. The van der Waals surface area contributed by atoms with Crippen LogP contribution in [0, 0.1) is 0 Å². The highest BCUT2D eigenvalue weighted by Gasteiger charge is 2.38. The summed E-state index contributed by atoms with van der Waals surface area (Å²) < 4.78 is 47.4. The van der Waals surface area contributed by atoms with Crippen molar-refractivity contribution < 1.29 is 22.3 Å². The van der Waals surface area contributed by atoms with Gasteiger partial charge in [0.1, 0.15) is 0 Å². The van der Waals surface area contributed by atoms with E-state index >= 15 is 0 Å². The van der Waals surface area contributed by atoms with E-state index in [1.165, 1.54) is 0 Å². The first-order chi connectivity index (χ1) is 6.50.